The summed E-state index contributed by atoms with van der Waals surface area (Å²) < 4.78 is 22.1. The van der Waals surface area contributed by atoms with Crippen LogP contribution >= 0.6 is 0 Å². The second kappa shape index (κ2) is 15.0. The van der Waals surface area contributed by atoms with E-state index >= 15 is 0 Å². The molecule has 9 heteroatoms. The van der Waals surface area contributed by atoms with E-state index in [4.69, 9.17) is 18.9 Å². The predicted octanol–water partition coefficient (Wildman–Crippen LogP) is 3.70. The molecule has 38 heavy (non-hydrogen) atoms. The Hall–Kier alpha value is -2.72. The summed E-state index contributed by atoms with van der Waals surface area (Å²) in [5, 5.41) is 50.6. The Morgan fingerprint density at radius 3 is 2.16 bits per heavy atom. The molecule has 0 heterocycles. The topological polar surface area (TPSA) is 138 Å². The Kier molecular flexibility index (Phi) is 11.8. The molecular formula is C29H42O9. The number of aromatic hydroxyl groups is 2. The van der Waals surface area contributed by atoms with E-state index in [-0.39, 0.29) is 36.5 Å². The standard InChI is InChI=1S/C29H42O9/c1-35-27-15-20(16-28(36-2)29(27)34)7-9-22(32)17-25(37-18-31)21(11-12-30)13-19-8-10-24(33)26(14-19)38-23-5-3-4-6-23/h8,10,14-16,21-23,25,30-34H,3-7,9,11-13,17-18H2,1-2H3/t21-,22+,25-/m1/s1. The lowest BCUT2D eigenvalue weighted by atomic mass is 9.87. The van der Waals surface area contributed by atoms with E-state index in [1.54, 1.807) is 18.2 Å². The molecule has 1 aliphatic rings. The van der Waals surface area contributed by atoms with Gasteiger partial charge in [-0.25, -0.2) is 0 Å². The van der Waals surface area contributed by atoms with Crippen molar-refractivity contribution in [3.8, 4) is 28.7 Å². The van der Waals surface area contributed by atoms with Crippen LogP contribution in [0.15, 0.2) is 30.3 Å². The molecule has 0 bridgehead atoms. The number of aliphatic hydroxyl groups excluding tert-OH is 3. The van der Waals surface area contributed by atoms with E-state index in [0.717, 1.165) is 36.8 Å². The molecule has 0 saturated heterocycles. The number of aryl methyl sites for hydroxylation is 1. The van der Waals surface area contributed by atoms with Crippen molar-refractivity contribution in [2.45, 2.75) is 76.1 Å². The Morgan fingerprint density at radius 2 is 1.55 bits per heavy atom. The quantitative estimate of drug-likeness (QED) is 0.204. The van der Waals surface area contributed by atoms with Gasteiger partial charge in [-0.15, -0.1) is 0 Å². The van der Waals surface area contributed by atoms with Gasteiger partial charge in [0.2, 0.25) is 5.75 Å². The minimum absolute atomic E-state index is 0.0668. The van der Waals surface area contributed by atoms with E-state index in [9.17, 15) is 25.5 Å². The largest absolute Gasteiger partial charge is 0.504 e. The summed E-state index contributed by atoms with van der Waals surface area (Å²) in [6.45, 7) is -0.569. The van der Waals surface area contributed by atoms with Crippen molar-refractivity contribution in [3.63, 3.8) is 0 Å². The molecule has 3 rings (SSSR count). The normalized spacial score (nSPS) is 16.2. The lowest BCUT2D eigenvalue weighted by Gasteiger charge is -2.28. The van der Waals surface area contributed by atoms with Crippen molar-refractivity contribution in [2.75, 3.05) is 27.6 Å². The number of ether oxygens (including phenoxy) is 4. The van der Waals surface area contributed by atoms with E-state index in [1.165, 1.54) is 14.2 Å². The van der Waals surface area contributed by atoms with E-state index < -0.39 is 19.0 Å². The number of aliphatic hydroxyl groups is 3. The highest BCUT2D eigenvalue weighted by molar-refractivity contribution is 5.52. The molecular weight excluding hydrogens is 492 g/mol. The summed E-state index contributed by atoms with van der Waals surface area (Å²) in [7, 11) is 2.92. The summed E-state index contributed by atoms with van der Waals surface area (Å²) >= 11 is 0. The molecule has 2 aromatic rings. The van der Waals surface area contributed by atoms with Gasteiger partial charge in [0.25, 0.3) is 0 Å². The van der Waals surface area contributed by atoms with Gasteiger partial charge in [-0.3, -0.25) is 0 Å². The molecule has 2 aromatic carbocycles. The fourth-order valence-corrected chi connectivity index (χ4v) is 5.16. The van der Waals surface area contributed by atoms with Gasteiger partial charge in [0, 0.05) is 6.61 Å². The first-order valence-corrected chi connectivity index (χ1v) is 13.3. The van der Waals surface area contributed by atoms with Crippen LogP contribution in [0.2, 0.25) is 0 Å². The van der Waals surface area contributed by atoms with Crippen LogP contribution in [0.3, 0.4) is 0 Å². The van der Waals surface area contributed by atoms with Crippen molar-refractivity contribution in [1.82, 2.24) is 0 Å². The average Bonchev–Trinajstić information content (AvgIpc) is 3.42. The molecule has 0 aromatic heterocycles. The van der Waals surface area contributed by atoms with Gasteiger partial charge in [0.15, 0.2) is 23.0 Å². The van der Waals surface area contributed by atoms with Crippen LogP contribution in [0.25, 0.3) is 0 Å². The van der Waals surface area contributed by atoms with Crippen molar-refractivity contribution < 1.29 is 44.5 Å². The highest BCUT2D eigenvalue weighted by Crippen LogP contribution is 2.38. The summed E-state index contributed by atoms with van der Waals surface area (Å²) in [5.74, 6) is 0.886. The van der Waals surface area contributed by atoms with Crippen LogP contribution in [-0.2, 0) is 17.6 Å². The predicted molar refractivity (Wildman–Crippen MR) is 142 cm³/mol. The van der Waals surface area contributed by atoms with Gasteiger partial charge in [-0.05, 0) is 99.1 Å². The minimum atomic E-state index is -0.736. The molecule has 9 nitrogen and oxygen atoms in total. The zero-order valence-electron chi connectivity index (χ0n) is 22.3. The third-order valence-electron chi connectivity index (χ3n) is 7.24. The maximum atomic E-state index is 10.8. The number of hydrogen-bond donors (Lipinski definition) is 5. The summed E-state index contributed by atoms with van der Waals surface area (Å²) in [4.78, 5) is 0. The SMILES string of the molecule is COc1cc(CC[C@H](O)C[C@@H](OCO)[C@H](CCO)Cc2ccc(O)c(OC3CCCC3)c2)cc(OC)c1O. The van der Waals surface area contributed by atoms with Crippen LogP contribution < -0.4 is 14.2 Å². The maximum Gasteiger partial charge on any atom is 0.200 e. The average molecular weight is 535 g/mol. The third kappa shape index (κ3) is 8.39. The van der Waals surface area contributed by atoms with Crippen LogP contribution in [0.4, 0.5) is 0 Å². The van der Waals surface area contributed by atoms with Gasteiger partial charge in [-0.2, -0.15) is 0 Å². The molecule has 0 amide bonds. The number of phenolic OH excluding ortho intramolecular Hbond substituents is 2. The first-order valence-electron chi connectivity index (χ1n) is 13.3. The summed E-state index contributed by atoms with van der Waals surface area (Å²) in [6, 6.07) is 8.68. The Morgan fingerprint density at radius 1 is 0.895 bits per heavy atom. The first-order chi connectivity index (χ1) is 18.4. The second-order valence-electron chi connectivity index (χ2n) is 9.91. The van der Waals surface area contributed by atoms with Gasteiger partial charge < -0.3 is 44.5 Å². The number of phenols is 2. The molecule has 0 unspecified atom stereocenters. The van der Waals surface area contributed by atoms with Crippen molar-refractivity contribution in [3.05, 3.63) is 41.5 Å². The minimum Gasteiger partial charge on any atom is -0.504 e. The zero-order chi connectivity index (χ0) is 27.5. The molecule has 5 N–H and O–H groups in total. The molecule has 212 valence electrons. The molecule has 1 aliphatic carbocycles. The third-order valence-corrected chi connectivity index (χ3v) is 7.24. The Labute approximate surface area is 224 Å². The fraction of sp³-hybridized carbons (Fsp3) is 0.586. The van der Waals surface area contributed by atoms with E-state index in [0.29, 0.717) is 42.9 Å². The first kappa shape index (κ1) is 29.8. The zero-order valence-corrected chi connectivity index (χ0v) is 22.3. The van der Waals surface area contributed by atoms with Crippen LogP contribution in [0.1, 0.15) is 56.1 Å². The second-order valence-corrected chi connectivity index (χ2v) is 9.91. The van der Waals surface area contributed by atoms with Gasteiger partial charge in [0.1, 0.15) is 6.79 Å². The van der Waals surface area contributed by atoms with Gasteiger partial charge in [-0.1, -0.05) is 6.07 Å². The molecule has 0 spiro atoms. The molecule has 1 fully saturated rings. The number of rotatable bonds is 16. The molecule has 0 radical (unpaired) electrons. The smallest absolute Gasteiger partial charge is 0.200 e. The van der Waals surface area contributed by atoms with Crippen molar-refractivity contribution in [1.29, 1.82) is 0 Å². The molecule has 1 saturated carbocycles. The van der Waals surface area contributed by atoms with Crippen LogP contribution in [-0.4, -0.2) is 71.5 Å². The van der Waals surface area contributed by atoms with E-state index in [1.807, 2.05) is 12.1 Å². The monoisotopic (exact) mass is 534 g/mol. The fourth-order valence-electron chi connectivity index (χ4n) is 5.16. The van der Waals surface area contributed by atoms with Crippen LogP contribution in [0, 0.1) is 5.92 Å². The Balaban J connectivity index is 1.66. The van der Waals surface area contributed by atoms with Crippen molar-refractivity contribution >= 4 is 0 Å². The van der Waals surface area contributed by atoms with Crippen molar-refractivity contribution in [2.24, 2.45) is 5.92 Å². The summed E-state index contributed by atoms with van der Waals surface area (Å²) in [6.07, 6.45) is 5.19. The lowest BCUT2D eigenvalue weighted by Crippen LogP contribution is -2.31. The lowest BCUT2D eigenvalue weighted by molar-refractivity contribution is -0.0921. The highest BCUT2D eigenvalue weighted by atomic mass is 16.6. The number of methoxy groups -OCH3 is 2. The maximum absolute atomic E-state index is 10.8. The summed E-state index contributed by atoms with van der Waals surface area (Å²) in [5.41, 5.74) is 1.75. The van der Waals surface area contributed by atoms with Crippen LogP contribution in [0.5, 0.6) is 28.7 Å². The Bertz CT molecular complexity index is 965. The van der Waals surface area contributed by atoms with Gasteiger partial charge >= 0.3 is 0 Å². The molecule has 0 aliphatic heterocycles. The number of benzene rings is 2. The molecule has 3 atom stereocenters. The van der Waals surface area contributed by atoms with E-state index in [2.05, 4.69) is 0 Å². The number of hydrogen-bond acceptors (Lipinski definition) is 9. The highest BCUT2D eigenvalue weighted by Gasteiger charge is 2.26. The van der Waals surface area contributed by atoms with Gasteiger partial charge in [0.05, 0.1) is 32.5 Å².